The van der Waals surface area contributed by atoms with Gasteiger partial charge in [0, 0.05) is 54.3 Å². The molecule has 47 heavy (non-hydrogen) atoms. The van der Waals surface area contributed by atoms with Crippen molar-refractivity contribution in [2.75, 3.05) is 26.7 Å². The molecule has 0 spiro atoms. The summed E-state index contributed by atoms with van der Waals surface area (Å²) in [5, 5.41) is 19.8. The van der Waals surface area contributed by atoms with Crippen LogP contribution in [-0.4, -0.2) is 54.8 Å². The number of alkyl carbamates (subject to hydrolysis) is 1. The Morgan fingerprint density at radius 3 is 2.49 bits per heavy atom. The topological polar surface area (TPSA) is 90.9 Å². The van der Waals surface area contributed by atoms with Gasteiger partial charge >= 0.3 is 6.09 Å². The molecule has 8 heteroatoms. The van der Waals surface area contributed by atoms with Crippen molar-refractivity contribution in [2.24, 2.45) is 5.92 Å². The number of nitrogens with one attached hydrogen (secondary N) is 2. The predicted molar refractivity (Wildman–Crippen MR) is 189 cm³/mol. The maximum Gasteiger partial charge on any atom is 0.406 e. The number of likely N-dealkylation sites (tertiary alicyclic amines) is 1. The van der Waals surface area contributed by atoms with Crippen LogP contribution in [0, 0.1) is 5.92 Å². The highest BCUT2D eigenvalue weighted by Gasteiger charge is 2.43. The lowest BCUT2D eigenvalue weighted by Gasteiger charge is -2.44. The first-order chi connectivity index (χ1) is 22.8. The lowest BCUT2D eigenvalue weighted by molar-refractivity contribution is -0.0563. The van der Waals surface area contributed by atoms with Crippen LogP contribution < -0.4 is 10.6 Å². The van der Waals surface area contributed by atoms with Crippen LogP contribution in [0.3, 0.4) is 0 Å². The van der Waals surface area contributed by atoms with Gasteiger partial charge in [0.15, 0.2) is 0 Å². The first-order valence-electron chi connectivity index (χ1n) is 17.4. The van der Waals surface area contributed by atoms with E-state index in [9.17, 15) is 14.7 Å². The Morgan fingerprint density at radius 2 is 1.74 bits per heavy atom. The smallest absolute Gasteiger partial charge is 0.406 e. The van der Waals surface area contributed by atoms with Gasteiger partial charge in [0.2, 0.25) is 0 Å². The number of piperidine rings is 1. The molecule has 3 aromatic carbocycles. The quantitative estimate of drug-likeness (QED) is 0.172. The average molecular weight is 660 g/mol. The minimum atomic E-state index is -1.30. The number of carbonyl (C=O) groups excluding carboxylic acids is 2. The van der Waals surface area contributed by atoms with Crippen LogP contribution in [0.2, 0.25) is 5.02 Å². The van der Waals surface area contributed by atoms with Gasteiger partial charge in [-0.1, -0.05) is 86.3 Å². The maximum absolute atomic E-state index is 13.9. The number of halogens is 1. The SMILES string of the molecule is CCc1cccc(-c2c(Cl)cccc2C(O)(CCCNC(=O)OC)[C@@H]2CCCN(C(=O)c3ccc(CNC4CCCCC4)cc3)C2)c1. The summed E-state index contributed by atoms with van der Waals surface area (Å²) >= 11 is 6.91. The maximum atomic E-state index is 13.9. The summed E-state index contributed by atoms with van der Waals surface area (Å²) in [4.78, 5) is 27.5. The minimum absolute atomic E-state index is 0.0156. The monoisotopic (exact) mass is 659 g/mol. The molecule has 1 unspecified atom stereocenters. The van der Waals surface area contributed by atoms with Gasteiger partial charge in [-0.05, 0) is 85.4 Å². The van der Waals surface area contributed by atoms with Crippen LogP contribution in [0.25, 0.3) is 11.1 Å². The van der Waals surface area contributed by atoms with E-state index in [0.29, 0.717) is 49.1 Å². The lowest BCUT2D eigenvalue weighted by Crippen LogP contribution is -2.48. The summed E-state index contributed by atoms with van der Waals surface area (Å²) in [6, 6.07) is 22.6. The van der Waals surface area contributed by atoms with Gasteiger partial charge in [-0.25, -0.2) is 4.79 Å². The van der Waals surface area contributed by atoms with E-state index in [2.05, 4.69) is 41.8 Å². The Hall–Kier alpha value is -3.39. The number of hydrogen-bond acceptors (Lipinski definition) is 5. The molecule has 2 fully saturated rings. The van der Waals surface area contributed by atoms with E-state index in [1.54, 1.807) is 0 Å². The van der Waals surface area contributed by atoms with Gasteiger partial charge in [0.25, 0.3) is 5.91 Å². The summed E-state index contributed by atoms with van der Waals surface area (Å²) in [6.45, 7) is 4.35. The Balaban J connectivity index is 1.38. The Bertz CT molecular complexity index is 1490. The zero-order chi connectivity index (χ0) is 33.2. The molecule has 1 saturated carbocycles. The Morgan fingerprint density at radius 1 is 0.979 bits per heavy atom. The summed E-state index contributed by atoms with van der Waals surface area (Å²) in [7, 11) is 1.34. The largest absolute Gasteiger partial charge is 0.453 e. The van der Waals surface area contributed by atoms with Crippen LogP contribution in [0.5, 0.6) is 0 Å². The van der Waals surface area contributed by atoms with Crippen molar-refractivity contribution in [3.63, 3.8) is 0 Å². The van der Waals surface area contributed by atoms with E-state index in [-0.39, 0.29) is 11.8 Å². The van der Waals surface area contributed by atoms with E-state index >= 15 is 0 Å². The molecule has 3 aromatic rings. The summed E-state index contributed by atoms with van der Waals surface area (Å²) < 4.78 is 4.75. The van der Waals surface area contributed by atoms with Crippen molar-refractivity contribution >= 4 is 23.6 Å². The number of rotatable bonds is 12. The van der Waals surface area contributed by atoms with E-state index in [4.69, 9.17) is 16.3 Å². The molecule has 1 heterocycles. The summed E-state index contributed by atoms with van der Waals surface area (Å²) in [5.41, 5.74) is 4.26. The number of aliphatic hydroxyl groups is 1. The first-order valence-corrected chi connectivity index (χ1v) is 17.7. The lowest BCUT2D eigenvalue weighted by atomic mass is 9.72. The summed E-state index contributed by atoms with van der Waals surface area (Å²) in [5.74, 6) is -0.248. The molecular formula is C39H50ClN3O4. The highest BCUT2D eigenvalue weighted by molar-refractivity contribution is 6.33. The second-order valence-electron chi connectivity index (χ2n) is 13.2. The number of benzene rings is 3. The minimum Gasteiger partial charge on any atom is -0.453 e. The van der Waals surface area contributed by atoms with Gasteiger partial charge in [-0.3, -0.25) is 4.79 Å². The molecule has 1 aliphatic heterocycles. The number of methoxy groups -OCH3 is 1. The second-order valence-corrected chi connectivity index (χ2v) is 13.6. The van der Waals surface area contributed by atoms with Crippen molar-refractivity contribution < 1.29 is 19.4 Å². The van der Waals surface area contributed by atoms with Crippen molar-refractivity contribution in [1.29, 1.82) is 0 Å². The number of hydrogen-bond donors (Lipinski definition) is 3. The van der Waals surface area contributed by atoms with Crippen LogP contribution in [-0.2, 0) is 23.3 Å². The number of aryl methyl sites for hydroxylation is 1. The molecule has 252 valence electrons. The van der Waals surface area contributed by atoms with E-state index in [1.165, 1.54) is 50.3 Å². The van der Waals surface area contributed by atoms with Crippen LogP contribution in [0.4, 0.5) is 4.79 Å². The van der Waals surface area contributed by atoms with Gasteiger partial charge in [0.05, 0.1) is 12.7 Å². The van der Waals surface area contributed by atoms with Gasteiger partial charge in [0.1, 0.15) is 0 Å². The highest BCUT2D eigenvalue weighted by Crippen LogP contribution is 2.45. The fourth-order valence-corrected chi connectivity index (χ4v) is 7.66. The molecule has 7 nitrogen and oxygen atoms in total. The predicted octanol–water partition coefficient (Wildman–Crippen LogP) is 7.87. The fraction of sp³-hybridized carbons (Fsp3) is 0.487. The molecular weight excluding hydrogens is 610 g/mol. The second kappa shape index (κ2) is 16.6. The van der Waals surface area contributed by atoms with E-state index in [1.807, 2.05) is 47.4 Å². The number of nitrogens with zero attached hydrogens (tertiary/aromatic N) is 1. The molecule has 1 aliphatic carbocycles. The van der Waals surface area contributed by atoms with E-state index < -0.39 is 11.7 Å². The molecule has 0 aromatic heterocycles. The van der Waals surface area contributed by atoms with Gasteiger partial charge in [-0.2, -0.15) is 0 Å². The number of ether oxygens (including phenoxy) is 1. The third-order valence-electron chi connectivity index (χ3n) is 10.1. The molecule has 5 rings (SSSR count). The number of amides is 2. The zero-order valence-electron chi connectivity index (χ0n) is 27.9. The van der Waals surface area contributed by atoms with Crippen LogP contribution >= 0.6 is 11.6 Å². The third-order valence-corrected chi connectivity index (χ3v) is 10.4. The highest BCUT2D eigenvalue weighted by atomic mass is 35.5. The van der Waals surface area contributed by atoms with Crippen molar-refractivity contribution in [1.82, 2.24) is 15.5 Å². The molecule has 2 aliphatic rings. The number of carbonyl (C=O) groups is 2. The zero-order valence-corrected chi connectivity index (χ0v) is 28.7. The summed E-state index contributed by atoms with van der Waals surface area (Å²) in [6.07, 6.45) is 9.24. The van der Waals surface area contributed by atoms with Gasteiger partial charge in [-0.15, -0.1) is 0 Å². The Labute approximate surface area is 285 Å². The normalized spacial score (nSPS) is 18.4. The molecule has 1 saturated heterocycles. The van der Waals surface area contributed by atoms with Crippen molar-refractivity contribution in [2.45, 2.75) is 89.3 Å². The molecule has 0 radical (unpaired) electrons. The van der Waals surface area contributed by atoms with Crippen LogP contribution in [0.15, 0.2) is 66.7 Å². The average Bonchev–Trinajstić information content (AvgIpc) is 3.12. The van der Waals surface area contributed by atoms with E-state index in [0.717, 1.165) is 42.5 Å². The molecule has 2 atom stereocenters. The van der Waals surface area contributed by atoms with Crippen LogP contribution in [0.1, 0.15) is 91.8 Å². The van der Waals surface area contributed by atoms with Gasteiger partial charge < -0.3 is 25.4 Å². The van der Waals surface area contributed by atoms with Crippen molar-refractivity contribution in [3.8, 4) is 11.1 Å². The Kier molecular flexibility index (Phi) is 12.4. The first kappa shape index (κ1) is 34.9. The third kappa shape index (κ3) is 8.75. The standard InChI is InChI=1S/C39H50ClN3O4/c1-3-28-11-7-12-31(25-28)36-34(16-8-17-35(36)40)39(46,22-10-23-41-38(45)47-2)32-13-9-24-43(27-32)37(44)30-20-18-29(19-21-30)26-42-33-14-5-4-6-15-33/h7-8,11-12,16-21,25,32-33,42,46H,3-6,9-10,13-15,22-24,26-27H2,1-2H3,(H,41,45)/t32-,39?/m1/s1. The molecule has 3 N–H and O–H groups in total. The van der Waals surface area contributed by atoms with Crippen molar-refractivity contribution in [3.05, 3.63) is 94.0 Å². The molecule has 0 bridgehead atoms. The fourth-order valence-electron chi connectivity index (χ4n) is 7.37. The molecule has 2 amide bonds.